The Morgan fingerprint density at radius 1 is 1.21 bits per heavy atom. The van der Waals surface area contributed by atoms with Gasteiger partial charge in [-0.15, -0.1) is 0 Å². The van der Waals surface area contributed by atoms with Gasteiger partial charge in [0.05, 0.1) is 13.2 Å². The lowest BCUT2D eigenvalue weighted by Gasteiger charge is -2.16. The van der Waals surface area contributed by atoms with Crippen LogP contribution in [0, 0.1) is 0 Å². The minimum absolute atomic E-state index is 0.0984. The van der Waals surface area contributed by atoms with Gasteiger partial charge in [-0.25, -0.2) is 4.79 Å². The summed E-state index contributed by atoms with van der Waals surface area (Å²) in [5.74, 6) is -1.48. The van der Waals surface area contributed by atoms with E-state index in [1.54, 1.807) is 6.07 Å². The van der Waals surface area contributed by atoms with Gasteiger partial charge in [-0.3, -0.25) is 4.79 Å². The average Bonchev–Trinajstić information content (AvgIpc) is 2.90. The highest BCUT2D eigenvalue weighted by Crippen LogP contribution is 2.32. The molecule has 0 spiro atoms. The van der Waals surface area contributed by atoms with E-state index in [0.29, 0.717) is 11.5 Å². The number of ketones is 1. The monoisotopic (exact) mass is 264 g/mol. The SMILES string of the molecule is COc1ccc(C(=O)C(=O)O)cc1OC1CCCC1. The molecule has 5 nitrogen and oxygen atoms in total. The van der Waals surface area contributed by atoms with Crippen LogP contribution in [0.4, 0.5) is 0 Å². The number of ether oxygens (including phenoxy) is 2. The van der Waals surface area contributed by atoms with Crippen LogP contribution in [-0.4, -0.2) is 30.1 Å². The molecule has 0 saturated heterocycles. The molecule has 0 aromatic heterocycles. The van der Waals surface area contributed by atoms with Crippen LogP contribution in [-0.2, 0) is 4.79 Å². The molecular weight excluding hydrogens is 248 g/mol. The molecule has 1 aliphatic carbocycles. The quantitative estimate of drug-likeness (QED) is 0.652. The standard InChI is InChI=1S/C14H16O5/c1-18-11-7-6-9(13(15)14(16)17)8-12(11)19-10-4-2-3-5-10/h6-8,10H,2-5H2,1H3,(H,16,17). The van der Waals surface area contributed by atoms with Gasteiger partial charge in [-0.1, -0.05) is 0 Å². The maximum Gasteiger partial charge on any atom is 0.377 e. The first-order valence-corrected chi connectivity index (χ1v) is 6.24. The predicted octanol–water partition coefficient (Wildman–Crippen LogP) is 2.28. The number of benzene rings is 1. The van der Waals surface area contributed by atoms with Crippen LogP contribution in [0.1, 0.15) is 36.0 Å². The summed E-state index contributed by atoms with van der Waals surface area (Å²) in [4.78, 5) is 22.1. The molecular formula is C14H16O5. The first-order valence-electron chi connectivity index (χ1n) is 6.24. The van der Waals surface area contributed by atoms with Crippen molar-refractivity contribution >= 4 is 11.8 Å². The number of hydrogen-bond donors (Lipinski definition) is 1. The highest BCUT2D eigenvalue weighted by Gasteiger charge is 2.21. The fourth-order valence-corrected chi connectivity index (χ4v) is 2.22. The second-order valence-electron chi connectivity index (χ2n) is 4.52. The van der Waals surface area contributed by atoms with Crippen molar-refractivity contribution in [3.05, 3.63) is 23.8 Å². The summed E-state index contributed by atoms with van der Waals surface area (Å²) in [5, 5.41) is 8.72. The third-order valence-corrected chi connectivity index (χ3v) is 3.22. The number of carbonyl (C=O) groups excluding carboxylic acids is 1. The molecule has 0 bridgehead atoms. The van der Waals surface area contributed by atoms with Crippen molar-refractivity contribution in [1.82, 2.24) is 0 Å². The summed E-state index contributed by atoms with van der Waals surface area (Å²) in [6, 6.07) is 4.42. The molecule has 1 aromatic carbocycles. The summed E-state index contributed by atoms with van der Waals surface area (Å²) in [7, 11) is 1.51. The lowest BCUT2D eigenvalue weighted by Crippen LogP contribution is -2.15. The van der Waals surface area contributed by atoms with E-state index in [4.69, 9.17) is 14.6 Å². The Morgan fingerprint density at radius 3 is 2.47 bits per heavy atom. The van der Waals surface area contributed by atoms with Gasteiger partial charge in [-0.2, -0.15) is 0 Å². The Labute approximate surface area is 111 Å². The highest BCUT2D eigenvalue weighted by molar-refractivity contribution is 6.39. The van der Waals surface area contributed by atoms with Crippen molar-refractivity contribution in [3.8, 4) is 11.5 Å². The van der Waals surface area contributed by atoms with E-state index in [-0.39, 0.29) is 11.7 Å². The first-order chi connectivity index (χ1) is 9.11. The van der Waals surface area contributed by atoms with E-state index in [9.17, 15) is 9.59 Å². The van der Waals surface area contributed by atoms with Crippen LogP contribution in [0.2, 0.25) is 0 Å². The number of hydrogen-bond acceptors (Lipinski definition) is 4. The lowest BCUT2D eigenvalue weighted by molar-refractivity contribution is -0.131. The molecule has 0 unspecified atom stereocenters. The van der Waals surface area contributed by atoms with E-state index < -0.39 is 11.8 Å². The van der Waals surface area contributed by atoms with Crippen LogP contribution in [0.25, 0.3) is 0 Å². The molecule has 19 heavy (non-hydrogen) atoms. The Balaban J connectivity index is 2.25. The Bertz CT molecular complexity index is 489. The van der Waals surface area contributed by atoms with Gasteiger partial charge in [0.1, 0.15) is 0 Å². The van der Waals surface area contributed by atoms with Crippen LogP contribution >= 0.6 is 0 Å². The molecule has 1 fully saturated rings. The maximum absolute atomic E-state index is 11.4. The lowest BCUT2D eigenvalue weighted by atomic mass is 10.1. The fraction of sp³-hybridized carbons (Fsp3) is 0.429. The van der Waals surface area contributed by atoms with E-state index in [2.05, 4.69) is 0 Å². The third kappa shape index (κ3) is 3.05. The largest absolute Gasteiger partial charge is 0.493 e. The van der Waals surface area contributed by atoms with Gasteiger partial charge in [0.15, 0.2) is 11.5 Å². The van der Waals surface area contributed by atoms with Gasteiger partial charge >= 0.3 is 5.97 Å². The number of carboxylic acids is 1. The molecule has 0 aliphatic heterocycles. The fourth-order valence-electron chi connectivity index (χ4n) is 2.22. The summed E-state index contributed by atoms with van der Waals surface area (Å²) >= 11 is 0. The summed E-state index contributed by atoms with van der Waals surface area (Å²) in [6.45, 7) is 0. The zero-order valence-electron chi connectivity index (χ0n) is 10.7. The molecule has 1 aliphatic rings. The van der Waals surface area contributed by atoms with Crippen LogP contribution in [0.5, 0.6) is 11.5 Å². The maximum atomic E-state index is 11.4. The minimum Gasteiger partial charge on any atom is -0.493 e. The second kappa shape index (κ2) is 5.73. The normalized spacial score (nSPS) is 15.2. The Kier molecular flexibility index (Phi) is 4.04. The number of rotatable bonds is 5. The van der Waals surface area contributed by atoms with Gasteiger partial charge in [0.25, 0.3) is 5.78 Å². The van der Waals surface area contributed by atoms with E-state index in [1.807, 2.05) is 0 Å². The van der Waals surface area contributed by atoms with Gasteiger partial charge < -0.3 is 14.6 Å². The zero-order chi connectivity index (χ0) is 13.8. The number of Topliss-reactive ketones (excluding diaryl/α,β-unsaturated/α-hetero) is 1. The molecule has 0 amide bonds. The molecule has 2 rings (SSSR count). The minimum atomic E-state index is -1.48. The summed E-state index contributed by atoms with van der Waals surface area (Å²) in [5.41, 5.74) is 0.0984. The predicted molar refractivity (Wildman–Crippen MR) is 67.8 cm³/mol. The number of carbonyl (C=O) groups is 2. The zero-order valence-corrected chi connectivity index (χ0v) is 10.7. The Hall–Kier alpha value is -2.04. The summed E-state index contributed by atoms with van der Waals surface area (Å²) in [6.07, 6.45) is 4.31. The van der Waals surface area contributed by atoms with E-state index >= 15 is 0 Å². The number of aliphatic carboxylic acids is 1. The van der Waals surface area contributed by atoms with Crippen molar-refractivity contribution in [2.24, 2.45) is 0 Å². The molecule has 5 heteroatoms. The van der Waals surface area contributed by atoms with Crippen LogP contribution in [0.15, 0.2) is 18.2 Å². The molecule has 0 heterocycles. The molecule has 1 saturated carbocycles. The molecule has 1 N–H and O–H groups in total. The Morgan fingerprint density at radius 2 is 1.89 bits per heavy atom. The topological polar surface area (TPSA) is 72.8 Å². The molecule has 1 aromatic rings. The molecule has 0 atom stereocenters. The van der Waals surface area contributed by atoms with E-state index in [1.165, 1.54) is 19.2 Å². The van der Waals surface area contributed by atoms with Crippen molar-refractivity contribution in [2.45, 2.75) is 31.8 Å². The van der Waals surface area contributed by atoms with Crippen LogP contribution < -0.4 is 9.47 Å². The average molecular weight is 264 g/mol. The smallest absolute Gasteiger partial charge is 0.377 e. The van der Waals surface area contributed by atoms with Crippen molar-refractivity contribution in [2.75, 3.05) is 7.11 Å². The highest BCUT2D eigenvalue weighted by atomic mass is 16.5. The van der Waals surface area contributed by atoms with Gasteiger partial charge in [-0.05, 0) is 43.9 Å². The van der Waals surface area contributed by atoms with Crippen LogP contribution in [0.3, 0.4) is 0 Å². The summed E-state index contributed by atoms with van der Waals surface area (Å²) < 4.78 is 11.0. The number of carboxylic acid groups (broad SMARTS) is 1. The van der Waals surface area contributed by atoms with Gasteiger partial charge in [0, 0.05) is 5.56 Å². The first kappa shape index (κ1) is 13.4. The molecule has 102 valence electrons. The van der Waals surface area contributed by atoms with Gasteiger partial charge in [0.2, 0.25) is 0 Å². The molecule has 0 radical (unpaired) electrons. The van der Waals surface area contributed by atoms with E-state index in [0.717, 1.165) is 25.7 Å². The second-order valence-corrected chi connectivity index (χ2v) is 4.52. The third-order valence-electron chi connectivity index (χ3n) is 3.22. The van der Waals surface area contributed by atoms with Crippen molar-refractivity contribution < 1.29 is 24.2 Å². The van der Waals surface area contributed by atoms with Crippen molar-refractivity contribution in [3.63, 3.8) is 0 Å². The number of methoxy groups -OCH3 is 1. The van der Waals surface area contributed by atoms with Crippen molar-refractivity contribution in [1.29, 1.82) is 0 Å².